The minimum atomic E-state index is -3.34. The first-order valence-corrected chi connectivity index (χ1v) is 12.3. The lowest BCUT2D eigenvalue weighted by molar-refractivity contribution is 0.0948. The molecular formula is C21H26N2O3S2. The lowest BCUT2D eigenvalue weighted by Crippen LogP contribution is -2.26. The lowest BCUT2D eigenvalue weighted by Gasteiger charge is -2.11. The Bertz CT molecular complexity index is 880. The maximum Gasteiger partial charge on any atom is 0.254 e. The molecule has 1 fully saturated rings. The van der Waals surface area contributed by atoms with E-state index < -0.39 is 9.84 Å². The van der Waals surface area contributed by atoms with Crippen LogP contribution in [0.1, 0.15) is 42.5 Å². The Kier molecular flexibility index (Phi) is 7.50. The third-order valence-electron chi connectivity index (χ3n) is 5.02. The molecule has 0 radical (unpaired) electrons. The van der Waals surface area contributed by atoms with Crippen molar-refractivity contribution < 1.29 is 13.2 Å². The quantitative estimate of drug-likeness (QED) is 0.624. The molecule has 1 aromatic carbocycles. The number of rotatable bonds is 9. The van der Waals surface area contributed by atoms with Gasteiger partial charge in [-0.25, -0.2) is 13.4 Å². The van der Waals surface area contributed by atoms with E-state index in [2.05, 4.69) is 10.3 Å². The van der Waals surface area contributed by atoms with E-state index in [0.29, 0.717) is 27.8 Å². The predicted octanol–water partition coefficient (Wildman–Crippen LogP) is 3.96. The van der Waals surface area contributed by atoms with Crippen LogP contribution in [0.5, 0.6) is 0 Å². The zero-order chi connectivity index (χ0) is 19.8. The second-order valence-electron chi connectivity index (χ2n) is 7.03. The van der Waals surface area contributed by atoms with Crippen molar-refractivity contribution in [3.05, 3.63) is 54.2 Å². The van der Waals surface area contributed by atoms with Crippen molar-refractivity contribution in [3.63, 3.8) is 0 Å². The van der Waals surface area contributed by atoms with Crippen molar-refractivity contribution in [3.8, 4) is 0 Å². The molecule has 1 amide bonds. The van der Waals surface area contributed by atoms with Gasteiger partial charge in [-0.05, 0) is 36.6 Å². The van der Waals surface area contributed by atoms with E-state index in [1.165, 1.54) is 37.4 Å². The molecule has 7 heteroatoms. The summed E-state index contributed by atoms with van der Waals surface area (Å²) < 4.78 is 24.8. The molecule has 1 saturated carbocycles. The molecule has 0 bridgehead atoms. The van der Waals surface area contributed by atoms with Crippen LogP contribution in [0.15, 0.2) is 58.6 Å². The number of carbonyl (C=O) groups is 1. The Morgan fingerprint density at radius 3 is 2.61 bits per heavy atom. The highest BCUT2D eigenvalue weighted by molar-refractivity contribution is 8.00. The molecule has 1 aliphatic rings. The molecule has 1 heterocycles. The van der Waals surface area contributed by atoms with Crippen molar-refractivity contribution in [1.82, 2.24) is 10.3 Å². The molecule has 0 atom stereocenters. The average molecular weight is 419 g/mol. The summed E-state index contributed by atoms with van der Waals surface area (Å²) in [7, 11) is -3.34. The third-order valence-corrected chi connectivity index (χ3v) is 8.02. The van der Waals surface area contributed by atoms with E-state index in [1.54, 1.807) is 48.7 Å². The largest absolute Gasteiger partial charge is 0.352 e. The number of amides is 1. The van der Waals surface area contributed by atoms with Crippen molar-refractivity contribution in [1.29, 1.82) is 0 Å². The van der Waals surface area contributed by atoms with Crippen LogP contribution in [0.4, 0.5) is 0 Å². The number of hydrogen-bond donors (Lipinski definition) is 1. The molecule has 2 aromatic rings. The van der Waals surface area contributed by atoms with Gasteiger partial charge in [-0.3, -0.25) is 4.79 Å². The van der Waals surface area contributed by atoms with Crippen LogP contribution in [0.2, 0.25) is 0 Å². The minimum Gasteiger partial charge on any atom is -0.352 e. The van der Waals surface area contributed by atoms with Crippen molar-refractivity contribution in [2.75, 3.05) is 18.1 Å². The zero-order valence-electron chi connectivity index (χ0n) is 15.8. The van der Waals surface area contributed by atoms with E-state index >= 15 is 0 Å². The number of hydrogen-bond acceptors (Lipinski definition) is 5. The number of nitrogens with zero attached hydrogens (tertiary/aromatic N) is 1. The Balaban J connectivity index is 1.53. The fraction of sp³-hybridized carbons (Fsp3) is 0.429. The maximum absolute atomic E-state index is 12.5. The Labute approximate surface area is 171 Å². The summed E-state index contributed by atoms with van der Waals surface area (Å²) >= 11 is 1.30. The summed E-state index contributed by atoms with van der Waals surface area (Å²) in [6, 6.07) is 11.9. The van der Waals surface area contributed by atoms with Crippen LogP contribution in [-0.4, -0.2) is 37.4 Å². The molecule has 1 aliphatic carbocycles. The summed E-state index contributed by atoms with van der Waals surface area (Å²) in [6.45, 7) is 0.672. The van der Waals surface area contributed by atoms with Crippen molar-refractivity contribution in [2.45, 2.75) is 42.0 Å². The number of thioether (sulfide) groups is 1. The van der Waals surface area contributed by atoms with Gasteiger partial charge in [0.25, 0.3) is 5.91 Å². The topological polar surface area (TPSA) is 76.1 Å². The molecule has 28 heavy (non-hydrogen) atoms. The number of nitrogens with one attached hydrogen (secondary N) is 1. The first kappa shape index (κ1) is 20.9. The van der Waals surface area contributed by atoms with Gasteiger partial charge < -0.3 is 5.32 Å². The van der Waals surface area contributed by atoms with Gasteiger partial charge in [0, 0.05) is 18.5 Å². The summed E-state index contributed by atoms with van der Waals surface area (Å²) in [6.07, 6.45) is 7.77. The average Bonchev–Trinajstić information content (AvgIpc) is 3.22. The fourth-order valence-electron chi connectivity index (χ4n) is 3.46. The second-order valence-corrected chi connectivity index (χ2v) is 10.2. The predicted molar refractivity (Wildman–Crippen MR) is 112 cm³/mol. The van der Waals surface area contributed by atoms with Crippen LogP contribution >= 0.6 is 11.8 Å². The van der Waals surface area contributed by atoms with E-state index in [4.69, 9.17) is 0 Å². The molecule has 0 spiro atoms. The Hall–Kier alpha value is -1.86. The Morgan fingerprint density at radius 2 is 1.86 bits per heavy atom. The van der Waals surface area contributed by atoms with Crippen LogP contribution in [0.3, 0.4) is 0 Å². The number of sulfone groups is 1. The molecule has 3 rings (SSSR count). The molecule has 150 valence electrons. The summed E-state index contributed by atoms with van der Waals surface area (Å²) in [5.74, 6) is 0.933. The molecule has 1 N–H and O–H groups in total. The van der Waals surface area contributed by atoms with Gasteiger partial charge >= 0.3 is 0 Å². The highest BCUT2D eigenvalue weighted by Crippen LogP contribution is 2.27. The van der Waals surface area contributed by atoms with E-state index in [0.717, 1.165) is 12.3 Å². The highest BCUT2D eigenvalue weighted by atomic mass is 32.2. The molecule has 0 aliphatic heterocycles. The molecule has 0 saturated heterocycles. The van der Waals surface area contributed by atoms with E-state index in [1.807, 2.05) is 0 Å². The van der Waals surface area contributed by atoms with E-state index in [-0.39, 0.29) is 11.7 Å². The highest BCUT2D eigenvalue weighted by Gasteiger charge is 2.18. The number of benzene rings is 1. The fourth-order valence-corrected chi connectivity index (χ4v) is 6.12. The Morgan fingerprint density at radius 1 is 1.11 bits per heavy atom. The van der Waals surface area contributed by atoms with Crippen molar-refractivity contribution in [2.24, 2.45) is 5.92 Å². The second kappa shape index (κ2) is 10.1. The van der Waals surface area contributed by atoms with Crippen LogP contribution in [-0.2, 0) is 9.84 Å². The summed E-state index contributed by atoms with van der Waals surface area (Å²) in [5, 5.41) is 3.56. The van der Waals surface area contributed by atoms with Crippen LogP contribution < -0.4 is 5.32 Å². The molecule has 0 unspecified atom stereocenters. The SMILES string of the molecule is O=C(NCCC1CCCC1)c1cccnc1SCCS(=O)(=O)c1ccccc1. The first-order chi connectivity index (χ1) is 13.6. The summed E-state index contributed by atoms with van der Waals surface area (Å²) in [4.78, 5) is 17.1. The van der Waals surface area contributed by atoms with Crippen LogP contribution in [0.25, 0.3) is 0 Å². The standard InChI is InChI=1S/C21H26N2O3S2/c24-20(22-14-12-17-7-4-5-8-17)19-11-6-13-23-21(19)27-15-16-28(25,26)18-9-2-1-3-10-18/h1-3,6,9-11,13,17H,4-5,7-8,12,14-16H2,(H,22,24). The normalized spacial score (nSPS) is 14.9. The number of carbonyl (C=O) groups excluding carboxylic acids is 1. The van der Waals surface area contributed by atoms with Gasteiger partial charge in [0.15, 0.2) is 9.84 Å². The van der Waals surface area contributed by atoms with E-state index in [9.17, 15) is 13.2 Å². The van der Waals surface area contributed by atoms with Gasteiger partial charge in [-0.2, -0.15) is 0 Å². The van der Waals surface area contributed by atoms with Gasteiger partial charge in [0.05, 0.1) is 16.2 Å². The lowest BCUT2D eigenvalue weighted by atomic mass is 10.0. The molecule has 1 aromatic heterocycles. The van der Waals surface area contributed by atoms with Gasteiger partial charge in [-0.15, -0.1) is 11.8 Å². The number of aromatic nitrogens is 1. The van der Waals surface area contributed by atoms with Crippen LogP contribution in [0, 0.1) is 5.92 Å². The molecule has 5 nitrogen and oxygen atoms in total. The maximum atomic E-state index is 12.5. The van der Waals surface area contributed by atoms with Crippen molar-refractivity contribution >= 4 is 27.5 Å². The first-order valence-electron chi connectivity index (χ1n) is 9.70. The summed E-state index contributed by atoms with van der Waals surface area (Å²) in [5.41, 5.74) is 0.510. The monoisotopic (exact) mass is 418 g/mol. The zero-order valence-corrected chi connectivity index (χ0v) is 17.5. The van der Waals surface area contributed by atoms with Gasteiger partial charge in [-0.1, -0.05) is 43.9 Å². The number of pyridine rings is 1. The van der Waals surface area contributed by atoms with Gasteiger partial charge in [0.1, 0.15) is 5.03 Å². The third kappa shape index (κ3) is 5.82. The minimum absolute atomic E-state index is 0.000985. The molecular weight excluding hydrogens is 392 g/mol. The smallest absolute Gasteiger partial charge is 0.254 e. The van der Waals surface area contributed by atoms with Gasteiger partial charge in [0.2, 0.25) is 0 Å².